The third-order valence-electron chi connectivity index (χ3n) is 5.80. The van der Waals surface area contributed by atoms with Crippen molar-refractivity contribution >= 4 is 45.0 Å². The van der Waals surface area contributed by atoms with Gasteiger partial charge in [-0.2, -0.15) is 27.1 Å². The van der Waals surface area contributed by atoms with Crippen LogP contribution in [0.4, 0.5) is 32.4 Å². The Kier molecular flexibility index (Phi) is 7.48. The van der Waals surface area contributed by atoms with Crippen LogP contribution in [-0.2, 0) is 11.6 Å². The van der Waals surface area contributed by atoms with E-state index in [2.05, 4.69) is 31.1 Å². The maximum Gasteiger partial charge on any atom is 0.417 e. The maximum atomic E-state index is 13.3. The van der Waals surface area contributed by atoms with Gasteiger partial charge in [-0.15, -0.1) is 0 Å². The van der Waals surface area contributed by atoms with Gasteiger partial charge in [0.1, 0.15) is 5.75 Å². The molecule has 1 aliphatic rings. The van der Waals surface area contributed by atoms with Crippen LogP contribution in [0, 0.1) is 0 Å². The molecule has 0 fully saturated rings. The predicted molar refractivity (Wildman–Crippen MR) is 133 cm³/mol. The number of ether oxygens (including phenoxy) is 1. The van der Waals surface area contributed by atoms with Gasteiger partial charge in [-0.3, -0.25) is 0 Å². The van der Waals surface area contributed by atoms with Crippen LogP contribution in [0.2, 0.25) is 5.02 Å². The number of hydrogen-bond acceptors (Lipinski definition) is 3. The summed E-state index contributed by atoms with van der Waals surface area (Å²) in [6, 6.07) is 15.3. The Morgan fingerprint density at radius 3 is 2.32 bits per heavy atom. The zero-order valence-corrected chi connectivity index (χ0v) is 21.3. The van der Waals surface area contributed by atoms with Crippen molar-refractivity contribution in [1.29, 1.82) is 0 Å². The van der Waals surface area contributed by atoms with Gasteiger partial charge in [-0.1, -0.05) is 45.7 Å². The Morgan fingerprint density at radius 2 is 1.76 bits per heavy atom. The molecule has 1 aliphatic heterocycles. The second kappa shape index (κ2) is 10.3. The summed E-state index contributed by atoms with van der Waals surface area (Å²) < 4.78 is 70.2. The first-order valence-electron chi connectivity index (χ1n) is 10.7. The van der Waals surface area contributed by atoms with Crippen molar-refractivity contribution in [1.82, 2.24) is 5.01 Å². The van der Waals surface area contributed by atoms with Crippen LogP contribution in [0.15, 0.2) is 76.3 Å². The number of nitrogens with one attached hydrogen (secondary N) is 1. The van der Waals surface area contributed by atoms with Crippen molar-refractivity contribution in [2.45, 2.75) is 25.1 Å². The van der Waals surface area contributed by atoms with E-state index in [0.717, 1.165) is 21.6 Å². The summed E-state index contributed by atoms with van der Waals surface area (Å²) in [5.41, 5.74) is -0.406. The van der Waals surface area contributed by atoms with Gasteiger partial charge in [0.25, 0.3) is 0 Å². The molecular weight excluding hydrogens is 585 g/mol. The monoisotopic (exact) mass is 601 g/mol. The lowest BCUT2D eigenvalue weighted by molar-refractivity contribution is -0.137. The zero-order valence-electron chi connectivity index (χ0n) is 19.0. The number of hydrazone groups is 1. The molecule has 1 unspecified atom stereocenters. The molecule has 5 nitrogen and oxygen atoms in total. The Labute approximate surface area is 222 Å². The molecule has 1 heterocycles. The highest BCUT2D eigenvalue weighted by Crippen LogP contribution is 2.39. The summed E-state index contributed by atoms with van der Waals surface area (Å²) in [5, 5.41) is 7.81. The third-order valence-corrected chi connectivity index (χ3v) is 6.65. The molecule has 0 aliphatic carbocycles. The van der Waals surface area contributed by atoms with Crippen LogP contribution >= 0.6 is 27.5 Å². The molecule has 2 amide bonds. The predicted octanol–water partition coefficient (Wildman–Crippen LogP) is 7.93. The Balaban J connectivity index is 1.72. The molecular formula is C25H18BrClF5N3O2. The molecule has 12 heteroatoms. The number of alkyl halides is 5. The highest BCUT2D eigenvalue weighted by molar-refractivity contribution is 9.10. The molecule has 194 valence electrons. The first kappa shape index (κ1) is 26.9. The van der Waals surface area contributed by atoms with E-state index in [1.807, 2.05) is 0 Å². The van der Waals surface area contributed by atoms with Crippen molar-refractivity contribution in [3.8, 4) is 5.75 Å². The minimum absolute atomic E-state index is 0.0123. The number of urea groups is 1. The highest BCUT2D eigenvalue weighted by atomic mass is 79.9. The van der Waals surface area contributed by atoms with E-state index < -0.39 is 34.8 Å². The average molecular weight is 603 g/mol. The number of halogens is 7. The minimum atomic E-state index is -4.65. The fourth-order valence-corrected chi connectivity index (χ4v) is 4.53. The van der Waals surface area contributed by atoms with Crippen molar-refractivity contribution in [2.24, 2.45) is 5.10 Å². The van der Waals surface area contributed by atoms with Gasteiger partial charge in [0.15, 0.2) is 0 Å². The molecule has 3 aromatic carbocycles. The van der Waals surface area contributed by atoms with E-state index in [9.17, 15) is 26.7 Å². The molecule has 3 aromatic rings. The number of carbonyl (C=O) groups is 1. The highest BCUT2D eigenvalue weighted by Gasteiger charge is 2.43. The molecule has 0 saturated carbocycles. The summed E-state index contributed by atoms with van der Waals surface area (Å²) in [5.74, 6) is -0.0683. The maximum absolute atomic E-state index is 13.3. The largest absolute Gasteiger partial charge is 0.435 e. The van der Waals surface area contributed by atoms with E-state index in [4.69, 9.17) is 11.6 Å². The van der Waals surface area contributed by atoms with Crippen molar-refractivity contribution in [3.63, 3.8) is 0 Å². The molecule has 1 N–H and O–H groups in total. The Hall–Kier alpha value is -3.18. The van der Waals surface area contributed by atoms with Crippen LogP contribution < -0.4 is 10.1 Å². The van der Waals surface area contributed by atoms with Gasteiger partial charge < -0.3 is 10.1 Å². The normalized spacial score (nSPS) is 17.6. The molecule has 37 heavy (non-hydrogen) atoms. The first-order chi connectivity index (χ1) is 17.4. The van der Waals surface area contributed by atoms with Crippen LogP contribution in [0.1, 0.15) is 23.6 Å². The number of hydrogen-bond donors (Lipinski definition) is 1. The number of amides is 2. The van der Waals surface area contributed by atoms with Gasteiger partial charge in [-0.05, 0) is 61.0 Å². The number of rotatable bonds is 5. The fraction of sp³-hybridized carbons (Fsp3) is 0.200. The lowest BCUT2D eigenvalue weighted by atomic mass is 9.76. The zero-order chi connectivity index (χ0) is 27.0. The van der Waals surface area contributed by atoms with Crippen LogP contribution in [0.5, 0.6) is 5.75 Å². The smallest absolute Gasteiger partial charge is 0.417 e. The molecule has 4 rings (SSSR count). The average Bonchev–Trinajstić information content (AvgIpc) is 3.18. The van der Waals surface area contributed by atoms with Crippen LogP contribution in [0.25, 0.3) is 0 Å². The molecule has 0 bridgehead atoms. The van der Waals surface area contributed by atoms with E-state index >= 15 is 0 Å². The molecule has 0 radical (unpaired) electrons. The fourth-order valence-electron chi connectivity index (χ4n) is 3.98. The lowest BCUT2D eigenvalue weighted by Gasteiger charge is -2.27. The number of benzene rings is 3. The molecule has 0 aromatic heterocycles. The van der Waals surface area contributed by atoms with Crippen molar-refractivity contribution in [2.75, 3.05) is 11.9 Å². The van der Waals surface area contributed by atoms with Gasteiger partial charge in [-0.25, -0.2) is 9.80 Å². The second-order valence-corrected chi connectivity index (χ2v) is 9.69. The summed E-state index contributed by atoms with van der Waals surface area (Å²) in [6.07, 6.45) is -4.65. The SMILES string of the molecule is CC1(c2ccc(OC(F)F)cc2)CN(C(=O)Nc2ccc(Br)cc2)N=C1c1ccc(C(F)(F)F)c(Cl)c1. The van der Waals surface area contributed by atoms with Gasteiger partial charge >= 0.3 is 18.8 Å². The minimum Gasteiger partial charge on any atom is -0.435 e. The standard InChI is InChI=1S/C25H18BrClF5N3O2/c1-24(15-3-9-18(10-4-15)37-22(28)29)13-35(23(36)33-17-7-5-16(26)6-8-17)34-21(24)14-2-11-19(20(27)12-14)25(30,31)32/h2-12,22H,13H2,1H3,(H,33,36). The number of nitrogens with zero attached hydrogens (tertiary/aromatic N) is 2. The third kappa shape index (κ3) is 5.88. The Morgan fingerprint density at radius 1 is 1.11 bits per heavy atom. The quantitative estimate of drug-likeness (QED) is 0.302. The summed E-state index contributed by atoms with van der Waals surface area (Å²) >= 11 is 9.28. The van der Waals surface area contributed by atoms with Crippen LogP contribution in [-0.4, -0.2) is 29.9 Å². The lowest BCUT2D eigenvalue weighted by Crippen LogP contribution is -2.38. The van der Waals surface area contributed by atoms with E-state index in [1.165, 1.54) is 30.3 Å². The first-order valence-corrected chi connectivity index (χ1v) is 11.9. The topological polar surface area (TPSA) is 53.9 Å². The Bertz CT molecular complexity index is 1330. The molecule has 1 atom stereocenters. The molecule has 0 spiro atoms. The summed E-state index contributed by atoms with van der Waals surface area (Å²) in [7, 11) is 0. The second-order valence-electron chi connectivity index (χ2n) is 8.37. The van der Waals surface area contributed by atoms with Crippen molar-refractivity contribution < 1.29 is 31.5 Å². The van der Waals surface area contributed by atoms with Crippen LogP contribution in [0.3, 0.4) is 0 Å². The van der Waals surface area contributed by atoms with Crippen molar-refractivity contribution in [3.05, 3.63) is 92.9 Å². The van der Waals surface area contributed by atoms with Gasteiger partial charge in [0.05, 0.1) is 28.3 Å². The number of carbonyl (C=O) groups excluding carboxylic acids is 1. The van der Waals surface area contributed by atoms with Gasteiger partial charge in [0, 0.05) is 15.7 Å². The van der Waals surface area contributed by atoms with E-state index in [-0.39, 0.29) is 23.6 Å². The molecule has 0 saturated heterocycles. The summed E-state index contributed by atoms with van der Waals surface area (Å²) in [6.45, 7) is -1.25. The van der Waals surface area contributed by atoms with E-state index in [0.29, 0.717) is 11.3 Å². The van der Waals surface area contributed by atoms with Gasteiger partial charge in [0.2, 0.25) is 0 Å². The summed E-state index contributed by atoms with van der Waals surface area (Å²) in [4.78, 5) is 13.0. The number of anilines is 1. The van der Waals surface area contributed by atoms with E-state index in [1.54, 1.807) is 31.2 Å².